The molecule has 6 aliphatic rings. The number of hydrogen-bond acceptors (Lipinski definition) is 4. The molecule has 6 bridgehead atoms. The van der Waals surface area contributed by atoms with Crippen molar-refractivity contribution >= 4 is 11.9 Å². The van der Waals surface area contributed by atoms with Crippen LogP contribution in [-0.4, -0.2) is 24.1 Å². The van der Waals surface area contributed by atoms with E-state index in [9.17, 15) is 9.59 Å². The number of hydrogen-bond donors (Lipinski definition) is 0. The van der Waals surface area contributed by atoms with Crippen LogP contribution in [0.1, 0.15) is 38.5 Å². The molecule has 4 heteroatoms. The standard InChI is InChI=1S/C20H24O4/c21-19(13-6-9-1-2-10(13)5-9)24-18-14-8-15(23-20(18)22)17-12-4-3-11(7-12)16(14)17/h1-2,9-18H,3-8H2. The van der Waals surface area contributed by atoms with Crippen LogP contribution in [0.5, 0.6) is 0 Å². The molecule has 0 spiro atoms. The highest BCUT2D eigenvalue weighted by molar-refractivity contribution is 5.82. The van der Waals surface area contributed by atoms with E-state index in [0.717, 1.165) is 31.1 Å². The smallest absolute Gasteiger partial charge is 0.348 e. The number of carbonyl (C=O) groups is 2. The maximum Gasteiger partial charge on any atom is 0.348 e. The molecule has 6 rings (SSSR count). The van der Waals surface area contributed by atoms with E-state index in [1.807, 2.05) is 0 Å². The van der Waals surface area contributed by atoms with E-state index in [4.69, 9.17) is 9.47 Å². The molecule has 0 aromatic carbocycles. The third-order valence-electron chi connectivity index (χ3n) is 8.19. The van der Waals surface area contributed by atoms with Crippen molar-refractivity contribution in [2.75, 3.05) is 0 Å². The second kappa shape index (κ2) is 4.64. The number of fused-ring (bicyclic) bond motifs is 11. The molecule has 24 heavy (non-hydrogen) atoms. The molecule has 1 saturated heterocycles. The van der Waals surface area contributed by atoms with Crippen molar-refractivity contribution in [1.82, 2.24) is 0 Å². The number of ether oxygens (including phenoxy) is 2. The van der Waals surface area contributed by atoms with E-state index in [-0.39, 0.29) is 29.9 Å². The predicted octanol–water partition coefficient (Wildman–Crippen LogP) is 2.72. The van der Waals surface area contributed by atoms with Crippen LogP contribution in [0.25, 0.3) is 0 Å². The summed E-state index contributed by atoms with van der Waals surface area (Å²) < 4.78 is 11.6. The Hall–Kier alpha value is -1.32. The maximum atomic E-state index is 12.7. The zero-order valence-electron chi connectivity index (χ0n) is 13.8. The van der Waals surface area contributed by atoms with Crippen LogP contribution in [0, 0.1) is 47.3 Å². The minimum atomic E-state index is -0.633. The highest BCUT2D eigenvalue weighted by Crippen LogP contribution is 2.63. The first-order valence-corrected chi connectivity index (χ1v) is 9.78. The van der Waals surface area contributed by atoms with Crippen molar-refractivity contribution in [2.45, 2.75) is 50.7 Å². The lowest BCUT2D eigenvalue weighted by Crippen LogP contribution is -2.43. The first-order chi connectivity index (χ1) is 11.7. The SMILES string of the molecule is O=C(OC1C(=O)OC2CC1C1C3CCC(C3)C21)C1CC2C=CC1C2. The lowest BCUT2D eigenvalue weighted by atomic mass is 9.76. The van der Waals surface area contributed by atoms with Gasteiger partial charge in [0.2, 0.25) is 6.10 Å². The molecule has 10 unspecified atom stereocenters. The summed E-state index contributed by atoms with van der Waals surface area (Å²) in [6, 6.07) is 0. The first-order valence-electron chi connectivity index (χ1n) is 9.78. The normalized spacial score (nSPS) is 55.8. The molecule has 128 valence electrons. The third-order valence-corrected chi connectivity index (χ3v) is 8.19. The van der Waals surface area contributed by atoms with Crippen molar-refractivity contribution < 1.29 is 19.1 Å². The monoisotopic (exact) mass is 328 g/mol. The Morgan fingerprint density at radius 1 is 1.04 bits per heavy atom. The van der Waals surface area contributed by atoms with E-state index >= 15 is 0 Å². The predicted molar refractivity (Wildman–Crippen MR) is 84.5 cm³/mol. The molecule has 1 aliphatic heterocycles. The first kappa shape index (κ1) is 13.9. The zero-order valence-corrected chi connectivity index (χ0v) is 13.8. The fourth-order valence-electron chi connectivity index (χ4n) is 7.39. The lowest BCUT2D eigenvalue weighted by molar-refractivity contribution is -0.184. The number of carbonyl (C=O) groups excluding carboxylic acids is 2. The minimum absolute atomic E-state index is 0.0391. The molecule has 0 aromatic rings. The van der Waals surface area contributed by atoms with Gasteiger partial charge in [-0.15, -0.1) is 0 Å². The van der Waals surface area contributed by atoms with E-state index in [1.165, 1.54) is 19.3 Å². The zero-order chi connectivity index (χ0) is 16.0. The van der Waals surface area contributed by atoms with Crippen LogP contribution in [0.2, 0.25) is 0 Å². The van der Waals surface area contributed by atoms with Gasteiger partial charge in [-0.05, 0) is 68.1 Å². The maximum absolute atomic E-state index is 12.7. The summed E-state index contributed by atoms with van der Waals surface area (Å²) in [6.07, 6.45) is 10.6. The van der Waals surface area contributed by atoms with Gasteiger partial charge in [-0.1, -0.05) is 12.2 Å². The Morgan fingerprint density at radius 3 is 2.62 bits per heavy atom. The van der Waals surface area contributed by atoms with Crippen LogP contribution < -0.4 is 0 Å². The van der Waals surface area contributed by atoms with Gasteiger partial charge in [0.1, 0.15) is 6.10 Å². The van der Waals surface area contributed by atoms with Crippen molar-refractivity contribution in [1.29, 1.82) is 0 Å². The molecular formula is C20H24O4. The average molecular weight is 328 g/mol. The molecule has 0 N–H and O–H groups in total. The molecule has 1 heterocycles. The lowest BCUT2D eigenvalue weighted by Gasteiger charge is -2.32. The number of esters is 2. The molecule has 10 atom stereocenters. The van der Waals surface area contributed by atoms with E-state index in [1.54, 1.807) is 0 Å². The second-order valence-corrected chi connectivity index (χ2v) is 9.11. The van der Waals surface area contributed by atoms with Gasteiger partial charge >= 0.3 is 11.9 Å². The van der Waals surface area contributed by atoms with Crippen molar-refractivity contribution in [3.63, 3.8) is 0 Å². The Balaban J connectivity index is 1.24. The molecule has 5 fully saturated rings. The summed E-state index contributed by atoms with van der Waals surface area (Å²) in [6.45, 7) is 0. The minimum Gasteiger partial charge on any atom is -0.459 e. The number of rotatable bonds is 2. The van der Waals surface area contributed by atoms with Crippen LogP contribution >= 0.6 is 0 Å². The summed E-state index contributed by atoms with van der Waals surface area (Å²) in [4.78, 5) is 25.2. The van der Waals surface area contributed by atoms with Gasteiger partial charge in [-0.25, -0.2) is 4.79 Å². The van der Waals surface area contributed by atoms with Gasteiger partial charge < -0.3 is 9.47 Å². The van der Waals surface area contributed by atoms with E-state index in [2.05, 4.69) is 12.2 Å². The van der Waals surface area contributed by atoms with Crippen LogP contribution in [-0.2, 0) is 19.1 Å². The number of allylic oxidation sites excluding steroid dienone is 2. The second-order valence-electron chi connectivity index (χ2n) is 9.11. The fraction of sp³-hybridized carbons (Fsp3) is 0.800. The molecule has 4 saturated carbocycles. The van der Waals surface area contributed by atoms with Crippen LogP contribution in [0.3, 0.4) is 0 Å². The molecule has 0 radical (unpaired) electrons. The Kier molecular flexibility index (Phi) is 2.69. The summed E-state index contributed by atoms with van der Waals surface area (Å²) in [5.74, 6) is 3.20. The van der Waals surface area contributed by atoms with Gasteiger partial charge in [0.15, 0.2) is 0 Å². The Labute approximate surface area is 141 Å². The molecular weight excluding hydrogens is 304 g/mol. The van der Waals surface area contributed by atoms with E-state index < -0.39 is 6.10 Å². The van der Waals surface area contributed by atoms with E-state index in [0.29, 0.717) is 23.7 Å². The molecule has 4 nitrogen and oxygen atoms in total. The Bertz CT molecular complexity index is 640. The highest BCUT2D eigenvalue weighted by atomic mass is 16.6. The van der Waals surface area contributed by atoms with Gasteiger partial charge in [0.05, 0.1) is 5.92 Å². The summed E-state index contributed by atoms with van der Waals surface area (Å²) in [5, 5.41) is 0. The molecule has 0 amide bonds. The summed E-state index contributed by atoms with van der Waals surface area (Å²) >= 11 is 0. The summed E-state index contributed by atoms with van der Waals surface area (Å²) in [7, 11) is 0. The van der Waals surface area contributed by atoms with Gasteiger partial charge in [0, 0.05) is 11.8 Å². The highest BCUT2D eigenvalue weighted by Gasteiger charge is 2.64. The van der Waals surface area contributed by atoms with Gasteiger partial charge in [-0.3, -0.25) is 4.79 Å². The largest absolute Gasteiger partial charge is 0.459 e. The van der Waals surface area contributed by atoms with Crippen LogP contribution in [0.15, 0.2) is 12.2 Å². The summed E-state index contributed by atoms with van der Waals surface area (Å²) in [5.41, 5.74) is 0. The topological polar surface area (TPSA) is 52.6 Å². The van der Waals surface area contributed by atoms with Gasteiger partial charge in [-0.2, -0.15) is 0 Å². The van der Waals surface area contributed by atoms with Crippen molar-refractivity contribution in [3.05, 3.63) is 12.2 Å². The van der Waals surface area contributed by atoms with Crippen LogP contribution in [0.4, 0.5) is 0 Å². The van der Waals surface area contributed by atoms with Gasteiger partial charge in [0.25, 0.3) is 0 Å². The quantitative estimate of drug-likeness (QED) is 0.444. The van der Waals surface area contributed by atoms with Crippen molar-refractivity contribution in [3.8, 4) is 0 Å². The fourth-order valence-corrected chi connectivity index (χ4v) is 7.39. The molecule has 0 aromatic heterocycles. The van der Waals surface area contributed by atoms with Crippen molar-refractivity contribution in [2.24, 2.45) is 47.3 Å². The third kappa shape index (κ3) is 1.70. The Morgan fingerprint density at radius 2 is 1.88 bits per heavy atom. The molecule has 5 aliphatic carbocycles. The average Bonchev–Trinajstić information content (AvgIpc) is 3.35.